The largest absolute Gasteiger partial charge is 0.496 e. The van der Waals surface area contributed by atoms with Gasteiger partial charge in [-0.3, -0.25) is 0 Å². The molecule has 2 nitrogen and oxygen atoms in total. The summed E-state index contributed by atoms with van der Waals surface area (Å²) in [4.78, 5) is 0. The maximum atomic E-state index is 13.7. The van der Waals surface area contributed by atoms with Crippen molar-refractivity contribution in [3.8, 4) is 5.75 Å². The van der Waals surface area contributed by atoms with E-state index in [2.05, 4.69) is 0 Å². The summed E-state index contributed by atoms with van der Waals surface area (Å²) in [5, 5.41) is 0. The zero-order valence-corrected chi connectivity index (χ0v) is 10.8. The zero-order chi connectivity index (χ0) is 14.0. The van der Waals surface area contributed by atoms with E-state index >= 15 is 0 Å². The monoisotopic (exact) mass is 263 g/mol. The van der Waals surface area contributed by atoms with Crippen molar-refractivity contribution in [1.29, 1.82) is 0 Å². The van der Waals surface area contributed by atoms with Gasteiger partial charge in [-0.2, -0.15) is 0 Å². The van der Waals surface area contributed by atoms with Crippen molar-refractivity contribution < 1.29 is 13.5 Å². The smallest absolute Gasteiger partial charge is 0.128 e. The van der Waals surface area contributed by atoms with Gasteiger partial charge in [-0.25, -0.2) is 8.78 Å². The summed E-state index contributed by atoms with van der Waals surface area (Å²) in [5.74, 6) is -0.282. The molecular weight excluding hydrogens is 248 g/mol. The highest BCUT2D eigenvalue weighted by Gasteiger charge is 2.15. The standard InChI is InChI=1S/C15H15F2NO/c1-9-7-10(3-6-14(9)19-2)15(18)12-8-11(16)4-5-13(12)17/h3-8,15H,18H2,1-2H3. The van der Waals surface area contributed by atoms with E-state index in [1.165, 1.54) is 0 Å². The number of nitrogens with two attached hydrogens (primary N) is 1. The molecule has 0 fully saturated rings. The highest BCUT2D eigenvalue weighted by molar-refractivity contribution is 5.40. The molecule has 0 bridgehead atoms. The van der Waals surface area contributed by atoms with Gasteiger partial charge in [0.05, 0.1) is 13.2 Å². The van der Waals surface area contributed by atoms with Gasteiger partial charge in [0.1, 0.15) is 17.4 Å². The van der Waals surface area contributed by atoms with Crippen molar-refractivity contribution in [3.63, 3.8) is 0 Å². The molecular formula is C15H15F2NO. The number of methoxy groups -OCH3 is 1. The minimum atomic E-state index is -0.708. The second kappa shape index (κ2) is 5.36. The quantitative estimate of drug-likeness (QED) is 0.921. The van der Waals surface area contributed by atoms with Crippen LogP contribution in [-0.2, 0) is 0 Å². The van der Waals surface area contributed by atoms with Crippen LogP contribution in [0.25, 0.3) is 0 Å². The molecule has 100 valence electrons. The molecule has 2 N–H and O–H groups in total. The van der Waals surface area contributed by atoms with Crippen molar-refractivity contribution in [2.75, 3.05) is 7.11 Å². The second-order valence-electron chi connectivity index (χ2n) is 4.37. The number of hydrogen-bond donors (Lipinski definition) is 1. The van der Waals surface area contributed by atoms with Crippen LogP contribution < -0.4 is 10.5 Å². The normalized spacial score (nSPS) is 12.3. The van der Waals surface area contributed by atoms with Gasteiger partial charge in [-0.05, 0) is 42.3 Å². The number of halogens is 2. The average molecular weight is 263 g/mol. The maximum Gasteiger partial charge on any atom is 0.128 e. The Morgan fingerprint density at radius 1 is 1.11 bits per heavy atom. The van der Waals surface area contributed by atoms with Gasteiger partial charge < -0.3 is 10.5 Å². The van der Waals surface area contributed by atoms with E-state index in [4.69, 9.17) is 10.5 Å². The van der Waals surface area contributed by atoms with Crippen LogP contribution in [0, 0.1) is 18.6 Å². The lowest BCUT2D eigenvalue weighted by Gasteiger charge is -2.15. The summed E-state index contributed by atoms with van der Waals surface area (Å²) < 4.78 is 32.0. The third kappa shape index (κ3) is 2.74. The SMILES string of the molecule is COc1ccc(C(N)c2cc(F)ccc2F)cc1C. The maximum absolute atomic E-state index is 13.7. The number of aryl methyl sites for hydroxylation is 1. The van der Waals surface area contributed by atoms with Gasteiger partial charge in [0, 0.05) is 5.56 Å². The average Bonchev–Trinajstić information content (AvgIpc) is 2.40. The van der Waals surface area contributed by atoms with Crippen molar-refractivity contribution in [2.24, 2.45) is 5.73 Å². The molecule has 0 aliphatic heterocycles. The number of benzene rings is 2. The molecule has 2 aromatic carbocycles. The predicted octanol–water partition coefficient (Wildman–Crippen LogP) is 3.33. The van der Waals surface area contributed by atoms with Gasteiger partial charge in [0.25, 0.3) is 0 Å². The molecule has 2 rings (SSSR count). The Labute approximate surface area is 110 Å². The first kappa shape index (κ1) is 13.5. The van der Waals surface area contributed by atoms with Crippen molar-refractivity contribution >= 4 is 0 Å². The first-order chi connectivity index (χ1) is 9.02. The predicted molar refractivity (Wildman–Crippen MR) is 70.1 cm³/mol. The first-order valence-electron chi connectivity index (χ1n) is 5.88. The Morgan fingerprint density at radius 2 is 1.84 bits per heavy atom. The van der Waals surface area contributed by atoms with E-state index in [0.717, 1.165) is 29.5 Å². The Kier molecular flexibility index (Phi) is 3.81. The Morgan fingerprint density at radius 3 is 2.47 bits per heavy atom. The van der Waals surface area contributed by atoms with Crippen LogP contribution >= 0.6 is 0 Å². The molecule has 0 radical (unpaired) electrons. The van der Waals surface area contributed by atoms with E-state index in [1.807, 2.05) is 13.0 Å². The highest BCUT2D eigenvalue weighted by Crippen LogP contribution is 2.27. The van der Waals surface area contributed by atoms with Crippen LogP contribution in [-0.4, -0.2) is 7.11 Å². The lowest BCUT2D eigenvalue weighted by atomic mass is 9.97. The number of hydrogen-bond acceptors (Lipinski definition) is 2. The molecule has 4 heteroatoms. The molecule has 0 aromatic heterocycles. The third-order valence-corrected chi connectivity index (χ3v) is 3.07. The minimum Gasteiger partial charge on any atom is -0.496 e. The van der Waals surface area contributed by atoms with Crippen molar-refractivity contribution in [3.05, 3.63) is 64.7 Å². The van der Waals surface area contributed by atoms with Gasteiger partial charge in [0.2, 0.25) is 0 Å². The Bertz CT molecular complexity index is 599. The first-order valence-corrected chi connectivity index (χ1v) is 5.88. The number of ether oxygens (including phenoxy) is 1. The molecule has 0 saturated carbocycles. The third-order valence-electron chi connectivity index (χ3n) is 3.07. The molecule has 19 heavy (non-hydrogen) atoms. The van der Waals surface area contributed by atoms with Gasteiger partial charge in [-0.15, -0.1) is 0 Å². The second-order valence-corrected chi connectivity index (χ2v) is 4.37. The Hall–Kier alpha value is -1.94. The molecule has 0 aliphatic carbocycles. The molecule has 1 atom stereocenters. The molecule has 2 aromatic rings. The fourth-order valence-electron chi connectivity index (χ4n) is 2.03. The summed E-state index contributed by atoms with van der Waals surface area (Å²) in [6, 6.07) is 7.90. The molecule has 0 heterocycles. The van der Waals surface area contributed by atoms with E-state index in [1.54, 1.807) is 19.2 Å². The fourth-order valence-corrected chi connectivity index (χ4v) is 2.03. The summed E-state index contributed by atoms with van der Waals surface area (Å²) in [6.07, 6.45) is 0. The lowest BCUT2D eigenvalue weighted by Crippen LogP contribution is -2.14. The summed E-state index contributed by atoms with van der Waals surface area (Å²) in [6.45, 7) is 1.87. The van der Waals surface area contributed by atoms with E-state index in [0.29, 0.717) is 5.56 Å². The van der Waals surface area contributed by atoms with Crippen LogP contribution in [0.15, 0.2) is 36.4 Å². The van der Waals surface area contributed by atoms with Crippen LogP contribution in [0.1, 0.15) is 22.7 Å². The van der Waals surface area contributed by atoms with Crippen LogP contribution in [0.2, 0.25) is 0 Å². The van der Waals surface area contributed by atoms with E-state index in [9.17, 15) is 8.78 Å². The summed E-state index contributed by atoms with van der Waals surface area (Å²) in [5.41, 5.74) is 7.75. The number of rotatable bonds is 3. The molecule has 0 spiro atoms. The fraction of sp³-hybridized carbons (Fsp3) is 0.200. The van der Waals surface area contributed by atoms with Crippen molar-refractivity contribution in [2.45, 2.75) is 13.0 Å². The topological polar surface area (TPSA) is 35.2 Å². The minimum absolute atomic E-state index is 0.143. The van der Waals surface area contributed by atoms with Crippen molar-refractivity contribution in [1.82, 2.24) is 0 Å². The highest BCUT2D eigenvalue weighted by atomic mass is 19.1. The molecule has 0 aliphatic rings. The van der Waals surface area contributed by atoms with Crippen LogP contribution in [0.5, 0.6) is 5.75 Å². The molecule has 1 unspecified atom stereocenters. The molecule has 0 saturated heterocycles. The molecule has 0 amide bonds. The van der Waals surface area contributed by atoms with Gasteiger partial charge in [-0.1, -0.05) is 12.1 Å². The van der Waals surface area contributed by atoms with E-state index < -0.39 is 17.7 Å². The Balaban J connectivity index is 2.41. The summed E-state index contributed by atoms with van der Waals surface area (Å²) in [7, 11) is 1.58. The lowest BCUT2D eigenvalue weighted by molar-refractivity contribution is 0.411. The van der Waals surface area contributed by atoms with Gasteiger partial charge >= 0.3 is 0 Å². The van der Waals surface area contributed by atoms with E-state index in [-0.39, 0.29) is 5.56 Å². The van der Waals surface area contributed by atoms with Gasteiger partial charge in [0.15, 0.2) is 0 Å². The van der Waals surface area contributed by atoms with Crippen LogP contribution in [0.4, 0.5) is 8.78 Å². The zero-order valence-electron chi connectivity index (χ0n) is 10.8. The van der Waals surface area contributed by atoms with Crippen LogP contribution in [0.3, 0.4) is 0 Å². The summed E-state index contributed by atoms with van der Waals surface area (Å²) >= 11 is 0.